The number of rotatable bonds is 5. The van der Waals surface area contributed by atoms with Crippen LogP contribution < -0.4 is 10.1 Å². The van der Waals surface area contributed by atoms with Gasteiger partial charge in [0.25, 0.3) is 5.91 Å². The fourth-order valence-corrected chi connectivity index (χ4v) is 1.85. The van der Waals surface area contributed by atoms with Crippen LogP contribution in [0.1, 0.15) is 29.3 Å². The average molecular weight is 269 g/mol. The van der Waals surface area contributed by atoms with Crippen LogP contribution in [0, 0.1) is 6.92 Å². The minimum atomic E-state index is -0.113. The van der Waals surface area contributed by atoms with Gasteiger partial charge in [-0.05, 0) is 55.3 Å². The van der Waals surface area contributed by atoms with Gasteiger partial charge < -0.3 is 10.1 Å². The molecule has 2 aromatic rings. The van der Waals surface area contributed by atoms with Crippen molar-refractivity contribution in [2.45, 2.75) is 20.3 Å². The van der Waals surface area contributed by atoms with Gasteiger partial charge in [0.2, 0.25) is 0 Å². The van der Waals surface area contributed by atoms with E-state index in [4.69, 9.17) is 4.74 Å². The summed E-state index contributed by atoms with van der Waals surface area (Å²) in [6.07, 6.45) is 0.968. The molecule has 0 fully saturated rings. The van der Waals surface area contributed by atoms with Gasteiger partial charge in [-0.25, -0.2) is 0 Å². The fraction of sp³-hybridized carbons (Fsp3) is 0.235. The molecule has 1 amide bonds. The fourth-order valence-electron chi connectivity index (χ4n) is 1.85. The molecule has 0 aromatic heterocycles. The lowest BCUT2D eigenvalue weighted by molar-refractivity contribution is 0.102. The number of hydrogen-bond acceptors (Lipinski definition) is 2. The second-order valence-electron chi connectivity index (χ2n) is 4.70. The molecule has 2 rings (SSSR count). The highest BCUT2D eigenvalue weighted by Gasteiger charge is 2.06. The molecule has 0 aliphatic rings. The van der Waals surface area contributed by atoms with Gasteiger partial charge in [-0.2, -0.15) is 0 Å². The number of hydrogen-bond donors (Lipinski definition) is 1. The summed E-state index contributed by atoms with van der Waals surface area (Å²) in [5, 5.41) is 2.88. The van der Waals surface area contributed by atoms with E-state index in [1.54, 1.807) is 12.1 Å². The van der Waals surface area contributed by atoms with Crippen molar-refractivity contribution in [3.8, 4) is 5.75 Å². The summed E-state index contributed by atoms with van der Waals surface area (Å²) in [7, 11) is 0. The molecular weight excluding hydrogens is 250 g/mol. The van der Waals surface area contributed by atoms with Crippen LogP contribution in [0.25, 0.3) is 0 Å². The lowest BCUT2D eigenvalue weighted by Gasteiger charge is -2.07. The molecule has 2 aromatic carbocycles. The van der Waals surface area contributed by atoms with Crippen molar-refractivity contribution in [1.82, 2.24) is 0 Å². The molecule has 1 N–H and O–H groups in total. The van der Waals surface area contributed by atoms with E-state index in [-0.39, 0.29) is 5.91 Å². The van der Waals surface area contributed by atoms with Gasteiger partial charge in [-0.1, -0.05) is 19.1 Å². The number of carbonyl (C=O) groups is 1. The quantitative estimate of drug-likeness (QED) is 0.889. The van der Waals surface area contributed by atoms with Crippen LogP contribution in [-0.4, -0.2) is 12.5 Å². The van der Waals surface area contributed by atoms with Crippen LogP contribution in [0.5, 0.6) is 5.75 Å². The molecule has 3 heteroatoms. The van der Waals surface area contributed by atoms with Gasteiger partial charge in [0.15, 0.2) is 0 Å². The molecule has 0 radical (unpaired) electrons. The number of aryl methyl sites for hydroxylation is 1. The molecular formula is C17H19NO2. The van der Waals surface area contributed by atoms with Gasteiger partial charge >= 0.3 is 0 Å². The predicted octanol–water partition coefficient (Wildman–Crippen LogP) is 4.04. The predicted molar refractivity (Wildman–Crippen MR) is 81.4 cm³/mol. The van der Waals surface area contributed by atoms with Crippen LogP contribution in [0.2, 0.25) is 0 Å². The lowest BCUT2D eigenvalue weighted by atomic mass is 10.2. The third kappa shape index (κ3) is 3.85. The monoisotopic (exact) mass is 269 g/mol. The molecule has 20 heavy (non-hydrogen) atoms. The Labute approximate surface area is 119 Å². The first kappa shape index (κ1) is 14.1. The van der Waals surface area contributed by atoms with Crippen LogP contribution in [0.15, 0.2) is 48.5 Å². The third-order valence-electron chi connectivity index (χ3n) is 2.87. The number of ether oxygens (including phenoxy) is 1. The Kier molecular flexibility index (Phi) is 4.77. The molecule has 0 spiro atoms. The second kappa shape index (κ2) is 6.75. The average Bonchev–Trinajstić information content (AvgIpc) is 2.45. The minimum absolute atomic E-state index is 0.113. The van der Waals surface area contributed by atoms with Crippen LogP contribution in [0.3, 0.4) is 0 Å². The first-order valence-electron chi connectivity index (χ1n) is 6.80. The zero-order valence-electron chi connectivity index (χ0n) is 11.8. The molecule has 3 nitrogen and oxygen atoms in total. The lowest BCUT2D eigenvalue weighted by Crippen LogP contribution is -2.11. The smallest absolute Gasteiger partial charge is 0.255 e. The van der Waals surface area contributed by atoms with Gasteiger partial charge in [0, 0.05) is 11.3 Å². The van der Waals surface area contributed by atoms with Crippen molar-refractivity contribution < 1.29 is 9.53 Å². The van der Waals surface area contributed by atoms with E-state index in [2.05, 4.69) is 12.2 Å². The Morgan fingerprint density at radius 2 is 1.90 bits per heavy atom. The summed E-state index contributed by atoms with van der Waals surface area (Å²) in [5.74, 6) is 0.677. The number of anilines is 1. The summed E-state index contributed by atoms with van der Waals surface area (Å²) in [4.78, 5) is 12.1. The summed E-state index contributed by atoms with van der Waals surface area (Å²) in [6, 6.07) is 14.9. The van der Waals surface area contributed by atoms with E-state index in [1.165, 1.54) is 0 Å². The van der Waals surface area contributed by atoms with E-state index in [0.29, 0.717) is 12.2 Å². The maximum Gasteiger partial charge on any atom is 0.255 e. The number of nitrogens with one attached hydrogen (secondary N) is 1. The maximum absolute atomic E-state index is 12.1. The molecule has 0 saturated heterocycles. The van der Waals surface area contributed by atoms with E-state index in [0.717, 1.165) is 23.4 Å². The molecule has 0 unspecified atom stereocenters. The van der Waals surface area contributed by atoms with Gasteiger partial charge in [-0.3, -0.25) is 4.79 Å². The summed E-state index contributed by atoms with van der Waals surface area (Å²) in [5.41, 5.74) is 2.54. The van der Waals surface area contributed by atoms with Gasteiger partial charge in [0.1, 0.15) is 5.75 Å². The van der Waals surface area contributed by atoms with Crippen LogP contribution >= 0.6 is 0 Å². The van der Waals surface area contributed by atoms with E-state index in [9.17, 15) is 4.79 Å². The Bertz CT molecular complexity index is 576. The second-order valence-corrected chi connectivity index (χ2v) is 4.70. The largest absolute Gasteiger partial charge is 0.494 e. The van der Waals surface area contributed by atoms with E-state index in [1.807, 2.05) is 43.3 Å². The standard InChI is InChI=1S/C17H19NO2/c1-3-11-20-16-9-7-14(8-10-16)17(19)18-15-6-4-5-13(2)12-15/h4-10,12H,3,11H2,1-2H3,(H,18,19). The molecule has 104 valence electrons. The molecule has 0 saturated carbocycles. The highest BCUT2D eigenvalue weighted by Crippen LogP contribution is 2.15. The van der Waals surface area contributed by atoms with Crippen molar-refractivity contribution >= 4 is 11.6 Å². The normalized spacial score (nSPS) is 10.1. The Morgan fingerprint density at radius 1 is 1.15 bits per heavy atom. The van der Waals surface area contributed by atoms with Crippen LogP contribution in [-0.2, 0) is 0 Å². The van der Waals surface area contributed by atoms with Crippen LogP contribution in [0.4, 0.5) is 5.69 Å². The Balaban J connectivity index is 2.02. The third-order valence-corrected chi connectivity index (χ3v) is 2.87. The zero-order valence-corrected chi connectivity index (χ0v) is 11.8. The van der Waals surface area contributed by atoms with E-state index < -0.39 is 0 Å². The highest BCUT2D eigenvalue weighted by molar-refractivity contribution is 6.04. The van der Waals surface area contributed by atoms with Crippen molar-refractivity contribution in [1.29, 1.82) is 0 Å². The SMILES string of the molecule is CCCOc1ccc(C(=O)Nc2cccc(C)c2)cc1. The minimum Gasteiger partial charge on any atom is -0.494 e. The first-order valence-corrected chi connectivity index (χ1v) is 6.80. The Morgan fingerprint density at radius 3 is 2.55 bits per heavy atom. The molecule has 0 atom stereocenters. The summed E-state index contributed by atoms with van der Waals surface area (Å²) >= 11 is 0. The summed E-state index contributed by atoms with van der Waals surface area (Å²) < 4.78 is 5.49. The van der Waals surface area contributed by atoms with Crippen molar-refractivity contribution in [3.05, 3.63) is 59.7 Å². The number of amides is 1. The molecule has 0 aliphatic heterocycles. The van der Waals surface area contributed by atoms with Gasteiger partial charge in [0.05, 0.1) is 6.61 Å². The summed E-state index contributed by atoms with van der Waals surface area (Å²) in [6.45, 7) is 4.74. The molecule has 0 heterocycles. The Hall–Kier alpha value is -2.29. The van der Waals surface area contributed by atoms with Crippen molar-refractivity contribution in [2.24, 2.45) is 0 Å². The number of carbonyl (C=O) groups excluding carboxylic acids is 1. The molecule has 0 aliphatic carbocycles. The van der Waals surface area contributed by atoms with Crippen molar-refractivity contribution in [3.63, 3.8) is 0 Å². The first-order chi connectivity index (χ1) is 9.69. The maximum atomic E-state index is 12.1. The zero-order chi connectivity index (χ0) is 14.4. The van der Waals surface area contributed by atoms with Crippen molar-refractivity contribution in [2.75, 3.05) is 11.9 Å². The van der Waals surface area contributed by atoms with Gasteiger partial charge in [-0.15, -0.1) is 0 Å². The topological polar surface area (TPSA) is 38.3 Å². The number of benzene rings is 2. The van der Waals surface area contributed by atoms with E-state index >= 15 is 0 Å². The molecule has 0 bridgehead atoms. The highest BCUT2D eigenvalue weighted by atomic mass is 16.5.